The second kappa shape index (κ2) is 7.55. The summed E-state index contributed by atoms with van der Waals surface area (Å²) < 4.78 is 11.0. The molecule has 0 saturated carbocycles. The van der Waals surface area contributed by atoms with Crippen LogP contribution in [0.1, 0.15) is 18.1 Å². The number of nitrogens with zero attached hydrogens (tertiary/aromatic N) is 1. The van der Waals surface area contributed by atoms with E-state index in [0.717, 1.165) is 33.4 Å². The fraction of sp³-hybridized carbons (Fsp3) is 0.136. The van der Waals surface area contributed by atoms with Gasteiger partial charge >= 0.3 is 0 Å². The molecule has 0 fully saturated rings. The van der Waals surface area contributed by atoms with E-state index in [9.17, 15) is 5.26 Å². The number of ether oxygens (including phenoxy) is 2. The Bertz CT molecular complexity index is 950. The molecule has 25 heavy (non-hydrogen) atoms. The van der Waals surface area contributed by atoms with Gasteiger partial charge in [-0.2, -0.15) is 5.26 Å². The molecule has 124 valence electrons. The van der Waals surface area contributed by atoms with Crippen LogP contribution in [0.2, 0.25) is 0 Å². The normalized spacial score (nSPS) is 11.2. The van der Waals surface area contributed by atoms with Crippen molar-refractivity contribution < 1.29 is 9.47 Å². The lowest BCUT2D eigenvalue weighted by atomic mass is 9.98. The number of hydrogen-bond donors (Lipinski definition) is 0. The minimum Gasteiger partial charge on any atom is -0.497 e. The smallest absolute Gasteiger partial charge is 0.127 e. The first-order chi connectivity index (χ1) is 12.3. The molecule has 0 radical (unpaired) electrons. The molecule has 0 spiro atoms. The molecule has 3 heteroatoms. The standard InChI is InChI=1S/C22H19NO2/c1-3-25-22-13-10-17-6-4-5-7-20(17)21(22)14-18(15-23)16-8-11-19(24-2)12-9-16/h4-14H,3H2,1-2H3/b18-14+. The van der Waals surface area contributed by atoms with Crippen LogP contribution in [0.25, 0.3) is 22.4 Å². The summed E-state index contributed by atoms with van der Waals surface area (Å²) in [7, 11) is 1.63. The van der Waals surface area contributed by atoms with E-state index in [1.165, 1.54) is 0 Å². The van der Waals surface area contributed by atoms with E-state index in [4.69, 9.17) is 9.47 Å². The van der Waals surface area contributed by atoms with Crippen LogP contribution < -0.4 is 9.47 Å². The van der Waals surface area contributed by atoms with Crippen LogP contribution in [0, 0.1) is 11.3 Å². The molecule has 0 aliphatic heterocycles. The molecule has 3 aromatic rings. The highest BCUT2D eigenvalue weighted by Gasteiger charge is 2.09. The minimum atomic E-state index is 0.573. The van der Waals surface area contributed by atoms with Crippen molar-refractivity contribution in [1.82, 2.24) is 0 Å². The number of benzene rings is 3. The summed E-state index contributed by atoms with van der Waals surface area (Å²) in [5, 5.41) is 11.8. The number of allylic oxidation sites excluding steroid dienone is 1. The van der Waals surface area contributed by atoms with Gasteiger partial charge in [0.05, 0.1) is 25.4 Å². The van der Waals surface area contributed by atoms with Gasteiger partial charge in [-0.25, -0.2) is 0 Å². The molecule has 0 heterocycles. The molecule has 0 aromatic heterocycles. The highest BCUT2D eigenvalue weighted by molar-refractivity contribution is 6.00. The van der Waals surface area contributed by atoms with Crippen molar-refractivity contribution in [2.24, 2.45) is 0 Å². The van der Waals surface area contributed by atoms with E-state index in [1.54, 1.807) is 7.11 Å². The maximum absolute atomic E-state index is 9.67. The van der Waals surface area contributed by atoms with E-state index in [-0.39, 0.29) is 0 Å². The molecule has 0 bridgehead atoms. The van der Waals surface area contributed by atoms with Gasteiger partial charge in [0, 0.05) is 5.56 Å². The van der Waals surface area contributed by atoms with Crippen molar-refractivity contribution in [2.75, 3.05) is 13.7 Å². The van der Waals surface area contributed by atoms with Crippen LogP contribution in [0.15, 0.2) is 60.7 Å². The molecule has 0 atom stereocenters. The third-order valence-corrected chi connectivity index (χ3v) is 4.04. The molecule has 3 nitrogen and oxygen atoms in total. The Kier molecular flexibility index (Phi) is 5.01. The summed E-state index contributed by atoms with van der Waals surface area (Å²) in [6.45, 7) is 2.53. The number of methoxy groups -OCH3 is 1. The Balaban J connectivity index is 2.16. The van der Waals surface area contributed by atoms with Crippen LogP contribution >= 0.6 is 0 Å². The van der Waals surface area contributed by atoms with E-state index >= 15 is 0 Å². The zero-order valence-corrected chi connectivity index (χ0v) is 14.3. The first kappa shape index (κ1) is 16.6. The Morgan fingerprint density at radius 2 is 1.80 bits per heavy atom. The molecule has 0 unspecified atom stereocenters. The molecule has 0 aliphatic carbocycles. The second-order valence-electron chi connectivity index (χ2n) is 5.53. The lowest BCUT2D eigenvalue weighted by Gasteiger charge is -2.11. The molecule has 0 saturated heterocycles. The highest BCUT2D eigenvalue weighted by atomic mass is 16.5. The number of rotatable bonds is 5. The van der Waals surface area contributed by atoms with Crippen molar-refractivity contribution in [3.05, 3.63) is 71.8 Å². The van der Waals surface area contributed by atoms with Crippen molar-refractivity contribution in [1.29, 1.82) is 5.26 Å². The van der Waals surface area contributed by atoms with Gasteiger partial charge in [0.1, 0.15) is 11.5 Å². The zero-order chi connectivity index (χ0) is 17.6. The fourth-order valence-electron chi connectivity index (χ4n) is 2.80. The fourth-order valence-corrected chi connectivity index (χ4v) is 2.80. The SMILES string of the molecule is CCOc1ccc2ccccc2c1/C=C(\C#N)c1ccc(OC)cc1. The molecule has 3 rings (SSSR count). The van der Waals surface area contributed by atoms with Crippen LogP contribution in [0.3, 0.4) is 0 Å². The molecule has 0 amide bonds. The Labute approximate surface area is 147 Å². The predicted octanol–water partition coefficient (Wildman–Crippen LogP) is 5.31. The quantitative estimate of drug-likeness (QED) is 0.470. The third-order valence-electron chi connectivity index (χ3n) is 4.04. The molecule has 0 N–H and O–H groups in total. The Morgan fingerprint density at radius 3 is 2.48 bits per heavy atom. The predicted molar refractivity (Wildman–Crippen MR) is 102 cm³/mol. The minimum absolute atomic E-state index is 0.573. The van der Waals surface area contributed by atoms with E-state index in [1.807, 2.05) is 67.6 Å². The lowest BCUT2D eigenvalue weighted by molar-refractivity contribution is 0.340. The van der Waals surface area contributed by atoms with E-state index in [0.29, 0.717) is 12.2 Å². The van der Waals surface area contributed by atoms with Gasteiger partial charge < -0.3 is 9.47 Å². The molecular weight excluding hydrogens is 310 g/mol. The molecule has 3 aromatic carbocycles. The second-order valence-corrected chi connectivity index (χ2v) is 5.53. The van der Waals surface area contributed by atoms with Crippen LogP contribution in [-0.2, 0) is 0 Å². The number of hydrogen-bond acceptors (Lipinski definition) is 3. The van der Waals surface area contributed by atoms with Gasteiger partial charge in [-0.15, -0.1) is 0 Å². The topological polar surface area (TPSA) is 42.2 Å². The first-order valence-electron chi connectivity index (χ1n) is 8.17. The van der Waals surface area contributed by atoms with Gasteiger partial charge in [-0.1, -0.05) is 30.3 Å². The first-order valence-corrected chi connectivity index (χ1v) is 8.17. The van der Waals surface area contributed by atoms with E-state index < -0.39 is 0 Å². The number of nitriles is 1. The Morgan fingerprint density at radius 1 is 1.04 bits per heavy atom. The van der Waals surface area contributed by atoms with Crippen molar-refractivity contribution >= 4 is 22.4 Å². The van der Waals surface area contributed by atoms with Gasteiger partial charge in [0.25, 0.3) is 0 Å². The van der Waals surface area contributed by atoms with Gasteiger partial charge in [0.15, 0.2) is 0 Å². The van der Waals surface area contributed by atoms with Crippen molar-refractivity contribution in [3.8, 4) is 17.6 Å². The van der Waals surface area contributed by atoms with E-state index in [2.05, 4.69) is 12.1 Å². The Hall–Kier alpha value is -3.25. The van der Waals surface area contributed by atoms with Crippen LogP contribution in [0.4, 0.5) is 0 Å². The summed E-state index contributed by atoms with van der Waals surface area (Å²) in [4.78, 5) is 0. The average Bonchev–Trinajstić information content (AvgIpc) is 2.67. The maximum atomic E-state index is 9.67. The lowest BCUT2D eigenvalue weighted by Crippen LogP contribution is -1.95. The summed E-state index contributed by atoms with van der Waals surface area (Å²) >= 11 is 0. The van der Waals surface area contributed by atoms with Crippen molar-refractivity contribution in [2.45, 2.75) is 6.92 Å². The highest BCUT2D eigenvalue weighted by Crippen LogP contribution is 2.32. The third kappa shape index (κ3) is 3.49. The zero-order valence-electron chi connectivity index (χ0n) is 14.3. The van der Waals surface area contributed by atoms with Gasteiger partial charge in [-0.05, 0) is 59.7 Å². The largest absolute Gasteiger partial charge is 0.497 e. The summed E-state index contributed by atoms with van der Waals surface area (Å²) in [5.41, 5.74) is 2.35. The summed E-state index contributed by atoms with van der Waals surface area (Å²) in [6, 6.07) is 21.9. The van der Waals surface area contributed by atoms with Crippen LogP contribution in [0.5, 0.6) is 11.5 Å². The maximum Gasteiger partial charge on any atom is 0.127 e. The van der Waals surface area contributed by atoms with Crippen LogP contribution in [-0.4, -0.2) is 13.7 Å². The van der Waals surface area contributed by atoms with Gasteiger partial charge in [-0.3, -0.25) is 0 Å². The monoisotopic (exact) mass is 329 g/mol. The summed E-state index contributed by atoms with van der Waals surface area (Å²) in [6.07, 6.45) is 1.90. The van der Waals surface area contributed by atoms with Crippen molar-refractivity contribution in [3.63, 3.8) is 0 Å². The molecule has 0 aliphatic rings. The molecular formula is C22H19NO2. The number of fused-ring (bicyclic) bond motifs is 1. The van der Waals surface area contributed by atoms with Gasteiger partial charge in [0.2, 0.25) is 0 Å². The summed E-state index contributed by atoms with van der Waals surface area (Å²) in [5.74, 6) is 1.55. The average molecular weight is 329 g/mol.